The molecule has 1 aromatic rings. The van der Waals surface area contributed by atoms with Crippen molar-refractivity contribution in [1.82, 2.24) is 10.2 Å². The molecule has 1 aromatic heterocycles. The second kappa shape index (κ2) is 6.54. The predicted octanol–water partition coefficient (Wildman–Crippen LogP) is 2.79. The number of hydrogen-bond donors (Lipinski definition) is 1. The van der Waals surface area contributed by atoms with Crippen molar-refractivity contribution in [2.24, 2.45) is 5.92 Å². The van der Waals surface area contributed by atoms with Crippen molar-refractivity contribution in [2.75, 3.05) is 19.6 Å². The van der Waals surface area contributed by atoms with Crippen LogP contribution in [-0.2, 0) is 16.1 Å². The fourth-order valence-electron chi connectivity index (χ4n) is 3.79. The molecule has 0 unspecified atom stereocenters. The maximum absolute atomic E-state index is 12.2. The van der Waals surface area contributed by atoms with Gasteiger partial charge in [0.1, 0.15) is 6.10 Å². The Balaban J connectivity index is 1.25. The second-order valence-corrected chi connectivity index (χ2v) is 8.40. The van der Waals surface area contributed by atoms with Crippen LogP contribution < -0.4 is 5.32 Å². The molecule has 3 aliphatic rings. The van der Waals surface area contributed by atoms with Gasteiger partial charge in [0.2, 0.25) is 5.91 Å². The molecule has 0 bridgehead atoms. The minimum Gasteiger partial charge on any atom is -0.362 e. The van der Waals surface area contributed by atoms with E-state index in [1.807, 2.05) is 11.3 Å². The van der Waals surface area contributed by atoms with E-state index in [9.17, 15) is 4.79 Å². The van der Waals surface area contributed by atoms with Crippen LogP contribution in [0, 0.1) is 5.92 Å². The summed E-state index contributed by atoms with van der Waals surface area (Å²) in [6, 6.07) is 4.33. The van der Waals surface area contributed by atoms with E-state index in [4.69, 9.17) is 4.74 Å². The largest absolute Gasteiger partial charge is 0.362 e. The quantitative estimate of drug-likeness (QED) is 0.900. The monoisotopic (exact) mass is 334 g/mol. The molecule has 0 aromatic carbocycles. The van der Waals surface area contributed by atoms with E-state index in [0.29, 0.717) is 0 Å². The van der Waals surface area contributed by atoms with Gasteiger partial charge in [-0.05, 0) is 55.9 Å². The number of ether oxygens (including phenoxy) is 1. The summed E-state index contributed by atoms with van der Waals surface area (Å²) in [5.74, 6) is 0.851. The molecule has 23 heavy (non-hydrogen) atoms. The second-order valence-electron chi connectivity index (χ2n) is 7.37. The molecule has 1 atom stereocenters. The van der Waals surface area contributed by atoms with Gasteiger partial charge in [0.25, 0.3) is 0 Å². The van der Waals surface area contributed by atoms with Gasteiger partial charge in [-0.15, -0.1) is 11.3 Å². The Morgan fingerprint density at radius 1 is 1.30 bits per heavy atom. The maximum Gasteiger partial charge on any atom is 0.249 e. The minimum absolute atomic E-state index is 0.0342. The number of carbonyl (C=O) groups excluding carboxylic acids is 1. The zero-order valence-electron chi connectivity index (χ0n) is 13.6. The summed E-state index contributed by atoms with van der Waals surface area (Å²) >= 11 is 1.83. The van der Waals surface area contributed by atoms with Crippen molar-refractivity contribution in [3.8, 4) is 0 Å². The molecule has 2 saturated heterocycles. The van der Waals surface area contributed by atoms with E-state index in [-0.39, 0.29) is 17.6 Å². The summed E-state index contributed by atoms with van der Waals surface area (Å²) in [6.07, 6.45) is 6.39. The van der Waals surface area contributed by atoms with E-state index < -0.39 is 0 Å². The van der Waals surface area contributed by atoms with E-state index in [0.717, 1.165) is 57.8 Å². The molecule has 3 heterocycles. The van der Waals surface area contributed by atoms with Crippen LogP contribution in [0.2, 0.25) is 0 Å². The molecular weight excluding hydrogens is 308 g/mol. The van der Waals surface area contributed by atoms with Crippen molar-refractivity contribution in [1.29, 1.82) is 0 Å². The molecule has 1 aliphatic carbocycles. The highest BCUT2D eigenvalue weighted by Crippen LogP contribution is 2.39. The number of amides is 1. The normalized spacial score (nSPS) is 27.4. The van der Waals surface area contributed by atoms with E-state index in [1.165, 1.54) is 17.7 Å². The molecule has 2 aliphatic heterocycles. The number of carbonyl (C=O) groups is 1. The molecule has 126 valence electrons. The first-order valence-corrected chi connectivity index (χ1v) is 9.81. The van der Waals surface area contributed by atoms with Gasteiger partial charge in [-0.1, -0.05) is 6.07 Å². The number of thiophene rings is 1. The Morgan fingerprint density at radius 3 is 2.83 bits per heavy atom. The van der Waals surface area contributed by atoms with E-state index in [1.54, 1.807) is 0 Å². The van der Waals surface area contributed by atoms with Crippen molar-refractivity contribution in [3.63, 3.8) is 0 Å². The first-order valence-electron chi connectivity index (χ1n) is 8.93. The van der Waals surface area contributed by atoms with Crippen molar-refractivity contribution in [2.45, 2.75) is 56.8 Å². The van der Waals surface area contributed by atoms with Gasteiger partial charge < -0.3 is 10.1 Å². The minimum atomic E-state index is -0.211. The third kappa shape index (κ3) is 3.78. The summed E-state index contributed by atoms with van der Waals surface area (Å²) in [5.41, 5.74) is -0.0342. The Hall–Kier alpha value is -0.910. The van der Waals surface area contributed by atoms with Gasteiger partial charge in [0.05, 0.1) is 5.60 Å². The van der Waals surface area contributed by atoms with Gasteiger partial charge in [-0.3, -0.25) is 9.69 Å². The number of likely N-dealkylation sites (tertiary alicyclic amines) is 1. The molecular formula is C18H26N2O2S. The Labute approximate surface area is 142 Å². The summed E-state index contributed by atoms with van der Waals surface area (Å²) in [6.45, 7) is 4.06. The van der Waals surface area contributed by atoms with Crippen LogP contribution in [0.1, 0.15) is 43.4 Å². The van der Waals surface area contributed by atoms with Crippen molar-refractivity contribution >= 4 is 17.2 Å². The van der Waals surface area contributed by atoms with Crippen LogP contribution >= 0.6 is 11.3 Å². The molecule has 1 N–H and O–H groups in total. The lowest BCUT2D eigenvalue weighted by atomic mass is 9.88. The SMILES string of the molecule is O=C(NCC1CC1)[C@H]1CCC2(CCN(Cc3cccs3)CC2)O1. The lowest BCUT2D eigenvalue weighted by Crippen LogP contribution is -2.45. The number of hydrogen-bond acceptors (Lipinski definition) is 4. The van der Waals surface area contributed by atoms with Gasteiger partial charge in [0, 0.05) is 31.1 Å². The standard InChI is InChI=1S/C18H26N2O2S/c21-17(19-12-14-3-4-14)16-5-6-18(22-16)7-9-20(10-8-18)13-15-2-1-11-23-15/h1-2,11,14,16H,3-10,12-13H2,(H,19,21)/t16-/m1/s1. The Bertz CT molecular complexity index is 533. The molecule has 0 radical (unpaired) electrons. The highest BCUT2D eigenvalue weighted by Gasteiger charge is 2.44. The van der Waals surface area contributed by atoms with E-state index in [2.05, 4.69) is 27.7 Å². The first kappa shape index (κ1) is 15.6. The Kier molecular flexibility index (Phi) is 4.43. The van der Waals surface area contributed by atoms with Crippen molar-refractivity contribution < 1.29 is 9.53 Å². The third-order valence-corrected chi connectivity index (χ3v) is 6.40. The summed E-state index contributed by atoms with van der Waals surface area (Å²) in [5, 5.41) is 5.22. The predicted molar refractivity (Wildman–Crippen MR) is 91.4 cm³/mol. The molecule has 4 nitrogen and oxygen atoms in total. The van der Waals surface area contributed by atoms with Crippen molar-refractivity contribution in [3.05, 3.63) is 22.4 Å². The molecule has 4 rings (SSSR count). The lowest BCUT2D eigenvalue weighted by Gasteiger charge is -2.38. The summed E-state index contributed by atoms with van der Waals surface area (Å²) in [4.78, 5) is 16.2. The number of piperidine rings is 1. The smallest absolute Gasteiger partial charge is 0.249 e. The van der Waals surface area contributed by atoms with Gasteiger partial charge in [-0.2, -0.15) is 0 Å². The molecule has 1 amide bonds. The topological polar surface area (TPSA) is 41.6 Å². The maximum atomic E-state index is 12.2. The molecule has 1 spiro atoms. The van der Waals surface area contributed by atoms with Crippen LogP contribution in [0.5, 0.6) is 0 Å². The van der Waals surface area contributed by atoms with Crippen LogP contribution in [0.4, 0.5) is 0 Å². The third-order valence-electron chi connectivity index (χ3n) is 5.54. The molecule has 1 saturated carbocycles. The first-order chi connectivity index (χ1) is 11.2. The highest BCUT2D eigenvalue weighted by molar-refractivity contribution is 7.09. The fraction of sp³-hybridized carbons (Fsp3) is 0.722. The van der Waals surface area contributed by atoms with Gasteiger partial charge in [-0.25, -0.2) is 0 Å². The van der Waals surface area contributed by atoms with Crippen LogP contribution in [0.15, 0.2) is 17.5 Å². The average Bonchev–Trinajstić information content (AvgIpc) is 3.08. The number of nitrogens with one attached hydrogen (secondary N) is 1. The van der Waals surface area contributed by atoms with Gasteiger partial charge >= 0.3 is 0 Å². The Morgan fingerprint density at radius 2 is 2.13 bits per heavy atom. The van der Waals surface area contributed by atoms with E-state index >= 15 is 0 Å². The van der Waals surface area contributed by atoms with Crippen LogP contribution in [-0.4, -0.2) is 42.1 Å². The summed E-state index contributed by atoms with van der Waals surface area (Å²) < 4.78 is 6.25. The van der Waals surface area contributed by atoms with Crippen LogP contribution in [0.3, 0.4) is 0 Å². The van der Waals surface area contributed by atoms with Gasteiger partial charge in [0.15, 0.2) is 0 Å². The van der Waals surface area contributed by atoms with Crippen LogP contribution in [0.25, 0.3) is 0 Å². The zero-order chi connectivity index (χ0) is 15.7. The number of rotatable bonds is 5. The molecule has 3 fully saturated rings. The zero-order valence-corrected chi connectivity index (χ0v) is 14.4. The number of nitrogens with zero attached hydrogens (tertiary/aromatic N) is 1. The highest BCUT2D eigenvalue weighted by atomic mass is 32.1. The fourth-order valence-corrected chi connectivity index (χ4v) is 4.53. The summed E-state index contributed by atoms with van der Waals surface area (Å²) in [7, 11) is 0. The molecule has 5 heteroatoms. The average molecular weight is 334 g/mol. The lowest BCUT2D eigenvalue weighted by molar-refractivity contribution is -0.140.